The van der Waals surface area contributed by atoms with Gasteiger partial charge in [0, 0.05) is 47.2 Å². The summed E-state index contributed by atoms with van der Waals surface area (Å²) in [4.78, 5) is 15.1. The first-order valence-corrected chi connectivity index (χ1v) is 10.1. The van der Waals surface area contributed by atoms with Crippen LogP contribution in [0.25, 0.3) is 0 Å². The molecule has 0 aromatic heterocycles. The van der Waals surface area contributed by atoms with E-state index in [2.05, 4.69) is 35.2 Å². The number of amides is 1. The Hall–Kier alpha value is -1.57. The minimum Gasteiger partial charge on any atom is -0.291 e. The third-order valence-corrected chi connectivity index (χ3v) is 6.09. The van der Waals surface area contributed by atoms with E-state index >= 15 is 0 Å². The van der Waals surface area contributed by atoms with Crippen LogP contribution in [0.5, 0.6) is 0 Å². The number of halogens is 1. The van der Waals surface area contributed by atoms with Crippen molar-refractivity contribution in [2.24, 2.45) is 0 Å². The summed E-state index contributed by atoms with van der Waals surface area (Å²) in [7, 11) is 0. The molecule has 2 aromatic carbocycles. The molecule has 0 bridgehead atoms. The van der Waals surface area contributed by atoms with Crippen LogP contribution in [0.1, 0.15) is 29.8 Å². The molecule has 0 radical (unpaired) electrons. The highest BCUT2D eigenvalue weighted by atomic mass is 35.5. The van der Waals surface area contributed by atoms with Crippen LogP contribution in [0.2, 0.25) is 5.02 Å². The second-order valence-electron chi connectivity index (χ2n) is 6.90. The van der Waals surface area contributed by atoms with Gasteiger partial charge in [0.25, 0.3) is 5.91 Å². The van der Waals surface area contributed by atoms with E-state index in [1.54, 1.807) is 29.6 Å². The fourth-order valence-corrected chi connectivity index (χ4v) is 4.64. The van der Waals surface area contributed by atoms with Crippen molar-refractivity contribution < 1.29 is 10.0 Å². The zero-order valence-corrected chi connectivity index (χ0v) is 17.0. The maximum absolute atomic E-state index is 11.4. The average Bonchev–Trinajstić information content (AvgIpc) is 2.66. The van der Waals surface area contributed by atoms with Crippen LogP contribution >= 0.6 is 23.5 Å². The van der Waals surface area contributed by atoms with Crippen LogP contribution in [0.4, 0.5) is 0 Å². The highest BCUT2D eigenvalue weighted by molar-refractivity contribution is 7.97. The number of benzene rings is 2. The Morgan fingerprint density at radius 1 is 1.11 bits per heavy atom. The van der Waals surface area contributed by atoms with Crippen LogP contribution in [-0.2, 0) is 6.54 Å². The normalized spacial score (nSPS) is 21.2. The van der Waals surface area contributed by atoms with Gasteiger partial charge in [-0.3, -0.25) is 14.9 Å². The summed E-state index contributed by atoms with van der Waals surface area (Å²) < 4.78 is 2.41. The number of hydroxylamine groups is 1. The lowest BCUT2D eigenvalue weighted by Crippen LogP contribution is -2.54. The van der Waals surface area contributed by atoms with Crippen molar-refractivity contribution in [3.8, 4) is 0 Å². The standard InChI is InChI=1S/C20H24ClN3O2S/c1-14-11-23(27-19-9-7-18(21)8-10-19)12-15(2)24(14)13-16-3-5-17(6-4-16)20(25)22-26/h3-10,14-15,26H,11-13H2,1-2H3,(H,22,25). The quantitative estimate of drug-likeness (QED) is 0.446. The first-order valence-electron chi connectivity index (χ1n) is 8.94. The van der Waals surface area contributed by atoms with Crippen LogP contribution in [0.15, 0.2) is 53.4 Å². The zero-order valence-electron chi connectivity index (χ0n) is 15.4. The number of carbonyl (C=O) groups excluding carboxylic acids is 1. The largest absolute Gasteiger partial charge is 0.291 e. The second kappa shape index (κ2) is 9.08. The van der Waals surface area contributed by atoms with Gasteiger partial charge in [-0.25, -0.2) is 9.79 Å². The van der Waals surface area contributed by atoms with Crippen molar-refractivity contribution in [1.29, 1.82) is 0 Å². The summed E-state index contributed by atoms with van der Waals surface area (Å²) in [6.45, 7) is 7.28. The zero-order chi connectivity index (χ0) is 19.4. The van der Waals surface area contributed by atoms with Crippen molar-refractivity contribution in [1.82, 2.24) is 14.7 Å². The molecule has 27 heavy (non-hydrogen) atoms. The molecule has 0 spiro atoms. The molecule has 7 heteroatoms. The Labute approximate surface area is 169 Å². The molecule has 1 amide bonds. The van der Waals surface area contributed by atoms with Crippen molar-refractivity contribution in [3.05, 3.63) is 64.7 Å². The lowest BCUT2D eigenvalue weighted by atomic mass is 10.1. The van der Waals surface area contributed by atoms with Crippen molar-refractivity contribution >= 4 is 29.5 Å². The molecule has 2 atom stereocenters. The van der Waals surface area contributed by atoms with Gasteiger partial charge in [-0.2, -0.15) is 0 Å². The van der Waals surface area contributed by atoms with Gasteiger partial charge in [0.1, 0.15) is 0 Å². The van der Waals surface area contributed by atoms with E-state index in [9.17, 15) is 4.79 Å². The van der Waals surface area contributed by atoms with Crippen molar-refractivity contribution in [2.45, 2.75) is 37.4 Å². The third-order valence-electron chi connectivity index (χ3n) is 4.80. The first kappa shape index (κ1) is 20.2. The van der Waals surface area contributed by atoms with Gasteiger partial charge >= 0.3 is 0 Å². The summed E-state index contributed by atoms with van der Waals surface area (Å²) in [5, 5.41) is 9.47. The highest BCUT2D eigenvalue weighted by Gasteiger charge is 2.29. The van der Waals surface area contributed by atoms with Gasteiger partial charge in [-0.15, -0.1) is 0 Å². The Morgan fingerprint density at radius 3 is 2.26 bits per heavy atom. The van der Waals surface area contributed by atoms with E-state index in [4.69, 9.17) is 16.8 Å². The molecular formula is C20H24ClN3O2S. The smallest absolute Gasteiger partial charge is 0.274 e. The maximum Gasteiger partial charge on any atom is 0.274 e. The first-order chi connectivity index (χ1) is 13.0. The van der Waals surface area contributed by atoms with Gasteiger partial charge in [0.05, 0.1) is 0 Å². The summed E-state index contributed by atoms with van der Waals surface area (Å²) in [6, 6.07) is 16.1. The number of piperazine rings is 1. The Kier molecular flexibility index (Phi) is 6.78. The van der Waals surface area contributed by atoms with E-state index in [0.29, 0.717) is 17.6 Å². The molecule has 1 fully saturated rings. The molecule has 1 aliphatic heterocycles. The molecule has 2 N–H and O–H groups in total. The molecule has 0 aliphatic carbocycles. The maximum atomic E-state index is 11.4. The molecule has 5 nitrogen and oxygen atoms in total. The number of hydrogen-bond acceptors (Lipinski definition) is 5. The van der Waals surface area contributed by atoms with E-state index in [1.165, 1.54) is 4.90 Å². The summed E-state index contributed by atoms with van der Waals surface area (Å²) in [5.41, 5.74) is 3.26. The van der Waals surface area contributed by atoms with Gasteiger partial charge in [-0.1, -0.05) is 23.7 Å². The number of rotatable bonds is 5. The topological polar surface area (TPSA) is 55.8 Å². The van der Waals surface area contributed by atoms with Crippen LogP contribution in [-0.4, -0.2) is 45.5 Å². The van der Waals surface area contributed by atoms with E-state index in [1.807, 2.05) is 24.3 Å². The Balaban J connectivity index is 1.60. The molecular weight excluding hydrogens is 382 g/mol. The molecule has 3 rings (SSSR count). The van der Waals surface area contributed by atoms with Gasteiger partial charge < -0.3 is 0 Å². The van der Waals surface area contributed by atoms with Crippen molar-refractivity contribution in [3.63, 3.8) is 0 Å². The van der Waals surface area contributed by atoms with Crippen LogP contribution in [0.3, 0.4) is 0 Å². The molecule has 144 valence electrons. The van der Waals surface area contributed by atoms with Crippen LogP contribution < -0.4 is 5.48 Å². The van der Waals surface area contributed by atoms with Crippen molar-refractivity contribution in [2.75, 3.05) is 13.1 Å². The fraction of sp³-hybridized carbons (Fsp3) is 0.350. The van der Waals surface area contributed by atoms with E-state index in [0.717, 1.165) is 30.2 Å². The fourth-order valence-electron chi connectivity index (χ4n) is 3.38. The van der Waals surface area contributed by atoms with Gasteiger partial charge in [0.15, 0.2) is 0 Å². The number of nitrogens with zero attached hydrogens (tertiary/aromatic N) is 2. The molecule has 1 saturated heterocycles. The van der Waals surface area contributed by atoms with Crippen LogP contribution in [0, 0.1) is 0 Å². The molecule has 1 aliphatic rings. The lowest BCUT2D eigenvalue weighted by molar-refractivity contribution is 0.0705. The minimum atomic E-state index is -0.490. The number of hydrogen-bond donors (Lipinski definition) is 2. The molecule has 2 aromatic rings. The second-order valence-corrected chi connectivity index (χ2v) is 8.51. The van der Waals surface area contributed by atoms with E-state index < -0.39 is 5.91 Å². The number of carbonyl (C=O) groups is 1. The summed E-state index contributed by atoms with van der Waals surface area (Å²) >= 11 is 7.74. The van der Waals surface area contributed by atoms with Gasteiger partial charge in [0.2, 0.25) is 0 Å². The summed E-state index contributed by atoms with van der Waals surface area (Å²) in [5.74, 6) is -0.490. The average molecular weight is 406 g/mol. The molecule has 1 heterocycles. The highest BCUT2D eigenvalue weighted by Crippen LogP contribution is 2.29. The minimum absolute atomic E-state index is 0.411. The Morgan fingerprint density at radius 2 is 1.70 bits per heavy atom. The summed E-state index contributed by atoms with van der Waals surface area (Å²) in [6.07, 6.45) is 0. The Bertz CT molecular complexity index is 758. The SMILES string of the molecule is CC1CN(Sc2ccc(Cl)cc2)CC(C)N1Cc1ccc(C(=O)NO)cc1. The number of nitrogens with one attached hydrogen (secondary N) is 1. The monoisotopic (exact) mass is 405 g/mol. The predicted octanol–water partition coefficient (Wildman–Crippen LogP) is 4.06. The van der Waals surface area contributed by atoms with E-state index in [-0.39, 0.29) is 0 Å². The predicted molar refractivity (Wildman–Crippen MR) is 109 cm³/mol. The van der Waals surface area contributed by atoms with Gasteiger partial charge in [-0.05, 0) is 67.8 Å². The lowest BCUT2D eigenvalue weighted by Gasteiger charge is -2.44. The molecule has 2 unspecified atom stereocenters. The third kappa shape index (κ3) is 5.24. The molecule has 0 saturated carbocycles.